The minimum Gasteiger partial charge on any atom is -0.497 e. The Kier molecular flexibility index (Phi) is 9.15. The second kappa shape index (κ2) is 11.1. The molecule has 5 nitrogen and oxygen atoms in total. The molecule has 1 aromatic carbocycles. The van der Waals surface area contributed by atoms with Crippen molar-refractivity contribution in [3.8, 4) is 5.75 Å². The van der Waals surface area contributed by atoms with Gasteiger partial charge in [-0.05, 0) is 68.3 Å². The number of rotatable bonds is 5. The second-order valence-corrected chi connectivity index (χ2v) is 7.94. The number of piperidine rings is 2. The largest absolute Gasteiger partial charge is 0.497 e. The molecule has 0 unspecified atom stereocenters. The van der Waals surface area contributed by atoms with Crippen molar-refractivity contribution in [3.05, 3.63) is 29.8 Å². The fraction of sp³-hybridized carbons (Fsp3) is 0.667. The summed E-state index contributed by atoms with van der Waals surface area (Å²) in [5.74, 6) is 3.18. The number of likely N-dealkylation sites (tertiary alicyclic amines) is 2. The zero-order chi connectivity index (χ0) is 18.4. The summed E-state index contributed by atoms with van der Waals surface area (Å²) in [5, 5.41) is 0. The van der Waals surface area contributed by atoms with Crippen LogP contribution >= 0.6 is 24.0 Å². The van der Waals surface area contributed by atoms with Crippen LogP contribution in [-0.4, -0.2) is 55.6 Å². The second-order valence-electron chi connectivity index (χ2n) is 7.94. The van der Waals surface area contributed by atoms with E-state index in [1.165, 1.54) is 31.2 Å². The average molecular weight is 486 g/mol. The number of hydrogen-bond donors (Lipinski definition) is 1. The Morgan fingerprint density at radius 1 is 1.07 bits per heavy atom. The first-order valence-electron chi connectivity index (χ1n) is 10.0. The third kappa shape index (κ3) is 6.82. The first-order chi connectivity index (χ1) is 12.6. The Balaban J connectivity index is 0.00000261. The quantitative estimate of drug-likeness (QED) is 0.393. The van der Waals surface area contributed by atoms with E-state index in [9.17, 15) is 0 Å². The number of nitrogens with two attached hydrogens (primary N) is 1. The maximum Gasteiger partial charge on any atom is 0.191 e. The molecule has 0 radical (unpaired) electrons. The van der Waals surface area contributed by atoms with Crippen LogP contribution in [0.25, 0.3) is 0 Å². The summed E-state index contributed by atoms with van der Waals surface area (Å²) < 4.78 is 5.23. The van der Waals surface area contributed by atoms with Crippen molar-refractivity contribution in [2.24, 2.45) is 22.6 Å². The van der Waals surface area contributed by atoms with Crippen molar-refractivity contribution in [2.45, 2.75) is 39.2 Å². The zero-order valence-corrected chi connectivity index (χ0v) is 19.1. The minimum absolute atomic E-state index is 0. The summed E-state index contributed by atoms with van der Waals surface area (Å²) >= 11 is 0. The predicted octanol–water partition coefficient (Wildman–Crippen LogP) is 3.57. The van der Waals surface area contributed by atoms with Gasteiger partial charge in [-0.15, -0.1) is 24.0 Å². The summed E-state index contributed by atoms with van der Waals surface area (Å²) in [6, 6.07) is 8.41. The highest BCUT2D eigenvalue weighted by Gasteiger charge is 2.20. The highest BCUT2D eigenvalue weighted by atomic mass is 127. The molecule has 1 aromatic rings. The van der Waals surface area contributed by atoms with Crippen molar-refractivity contribution < 1.29 is 4.74 Å². The van der Waals surface area contributed by atoms with Crippen LogP contribution in [0, 0.1) is 11.8 Å². The predicted molar refractivity (Wildman–Crippen MR) is 123 cm³/mol. The lowest BCUT2D eigenvalue weighted by Gasteiger charge is -2.33. The number of methoxy groups -OCH3 is 1. The molecule has 0 aromatic heterocycles. The summed E-state index contributed by atoms with van der Waals surface area (Å²) in [5.41, 5.74) is 7.57. The van der Waals surface area contributed by atoms with E-state index >= 15 is 0 Å². The number of halogens is 1. The maximum atomic E-state index is 6.22. The Morgan fingerprint density at radius 2 is 1.70 bits per heavy atom. The van der Waals surface area contributed by atoms with Crippen LogP contribution in [-0.2, 0) is 6.54 Å². The summed E-state index contributed by atoms with van der Waals surface area (Å²) in [7, 11) is 1.71. The molecule has 2 heterocycles. The molecule has 2 N–H and O–H groups in total. The Morgan fingerprint density at radius 3 is 2.30 bits per heavy atom. The Bertz CT molecular complexity index is 576. The lowest BCUT2D eigenvalue weighted by Crippen LogP contribution is -2.43. The van der Waals surface area contributed by atoms with Crippen LogP contribution in [0.15, 0.2) is 29.3 Å². The molecule has 2 fully saturated rings. The van der Waals surface area contributed by atoms with Crippen molar-refractivity contribution in [2.75, 3.05) is 39.8 Å². The number of nitrogens with zero attached hydrogens (tertiary/aromatic N) is 3. The number of guanidine groups is 1. The first kappa shape index (κ1) is 22.3. The fourth-order valence-electron chi connectivity index (χ4n) is 3.88. The van der Waals surface area contributed by atoms with Crippen molar-refractivity contribution in [1.82, 2.24) is 9.80 Å². The standard InChI is InChI=1S/C21H34N4O.HI/c1-17-7-13-25(14-8-17)21(22)23-15-18-9-11-24(12-10-18)16-19-3-5-20(26-2)6-4-19;/h3-6,17-18H,7-16H2,1-2H3,(H2,22,23);1H. The molecule has 0 bridgehead atoms. The third-order valence-electron chi connectivity index (χ3n) is 5.89. The van der Waals surface area contributed by atoms with E-state index in [1.54, 1.807) is 7.11 Å². The number of hydrogen-bond acceptors (Lipinski definition) is 3. The Labute approximate surface area is 181 Å². The zero-order valence-electron chi connectivity index (χ0n) is 16.8. The van der Waals surface area contributed by atoms with Crippen molar-refractivity contribution in [1.29, 1.82) is 0 Å². The number of ether oxygens (including phenoxy) is 1. The topological polar surface area (TPSA) is 54.1 Å². The van der Waals surface area contributed by atoms with E-state index < -0.39 is 0 Å². The van der Waals surface area contributed by atoms with Crippen LogP contribution in [0.4, 0.5) is 0 Å². The van der Waals surface area contributed by atoms with Gasteiger partial charge < -0.3 is 15.4 Å². The lowest BCUT2D eigenvalue weighted by molar-refractivity contribution is 0.180. The normalized spacial score (nSPS) is 20.4. The average Bonchev–Trinajstić information content (AvgIpc) is 2.68. The van der Waals surface area contributed by atoms with E-state index in [0.29, 0.717) is 5.92 Å². The highest BCUT2D eigenvalue weighted by molar-refractivity contribution is 14.0. The SMILES string of the molecule is COc1ccc(CN2CCC(CN=C(N)N3CCC(C)CC3)CC2)cc1.I. The van der Waals surface area contributed by atoms with Crippen LogP contribution in [0.3, 0.4) is 0 Å². The number of benzene rings is 1. The summed E-state index contributed by atoms with van der Waals surface area (Å²) in [4.78, 5) is 9.51. The fourth-order valence-corrected chi connectivity index (χ4v) is 3.88. The third-order valence-corrected chi connectivity index (χ3v) is 5.89. The van der Waals surface area contributed by atoms with Gasteiger partial charge in [0, 0.05) is 26.2 Å². The monoisotopic (exact) mass is 486 g/mol. The van der Waals surface area contributed by atoms with Gasteiger partial charge in [0.25, 0.3) is 0 Å². The summed E-state index contributed by atoms with van der Waals surface area (Å²) in [6.07, 6.45) is 4.90. The first-order valence-corrected chi connectivity index (χ1v) is 10.0. The van der Waals surface area contributed by atoms with E-state index in [4.69, 9.17) is 15.5 Å². The van der Waals surface area contributed by atoms with Crippen LogP contribution < -0.4 is 10.5 Å². The molecule has 0 spiro atoms. The van der Waals surface area contributed by atoms with Gasteiger partial charge in [0.15, 0.2) is 5.96 Å². The molecule has 6 heteroatoms. The van der Waals surface area contributed by atoms with Crippen LogP contribution in [0.1, 0.15) is 38.2 Å². The van der Waals surface area contributed by atoms with Gasteiger partial charge in [0.05, 0.1) is 7.11 Å². The molecule has 0 atom stereocenters. The smallest absolute Gasteiger partial charge is 0.191 e. The van der Waals surface area contributed by atoms with E-state index in [1.807, 2.05) is 12.1 Å². The van der Waals surface area contributed by atoms with E-state index in [2.05, 4.69) is 28.9 Å². The van der Waals surface area contributed by atoms with Gasteiger partial charge >= 0.3 is 0 Å². The molecule has 152 valence electrons. The van der Waals surface area contributed by atoms with Gasteiger partial charge in [-0.25, -0.2) is 0 Å². The molecular weight excluding hydrogens is 451 g/mol. The highest BCUT2D eigenvalue weighted by Crippen LogP contribution is 2.21. The molecule has 2 aliphatic heterocycles. The molecular formula is C21H35IN4O. The molecule has 0 aliphatic carbocycles. The maximum absolute atomic E-state index is 6.22. The van der Waals surface area contributed by atoms with Gasteiger partial charge in [-0.2, -0.15) is 0 Å². The van der Waals surface area contributed by atoms with E-state index in [0.717, 1.165) is 56.9 Å². The molecule has 2 saturated heterocycles. The van der Waals surface area contributed by atoms with Crippen LogP contribution in [0.2, 0.25) is 0 Å². The van der Waals surface area contributed by atoms with Gasteiger partial charge in [-0.3, -0.25) is 9.89 Å². The molecule has 3 rings (SSSR count). The number of aliphatic imine (C=N–C) groups is 1. The molecule has 0 saturated carbocycles. The Hall–Kier alpha value is -1.02. The minimum atomic E-state index is 0. The van der Waals surface area contributed by atoms with Crippen molar-refractivity contribution >= 4 is 29.9 Å². The van der Waals surface area contributed by atoms with Gasteiger partial charge in [0.2, 0.25) is 0 Å². The van der Waals surface area contributed by atoms with Gasteiger partial charge in [0.1, 0.15) is 5.75 Å². The molecule has 0 amide bonds. The van der Waals surface area contributed by atoms with Crippen LogP contribution in [0.5, 0.6) is 5.75 Å². The van der Waals surface area contributed by atoms with Gasteiger partial charge in [-0.1, -0.05) is 19.1 Å². The summed E-state index contributed by atoms with van der Waals surface area (Å²) in [6.45, 7) is 8.65. The van der Waals surface area contributed by atoms with E-state index in [-0.39, 0.29) is 24.0 Å². The molecule has 27 heavy (non-hydrogen) atoms. The molecule has 2 aliphatic rings. The lowest BCUT2D eigenvalue weighted by atomic mass is 9.96. The van der Waals surface area contributed by atoms with Crippen molar-refractivity contribution in [3.63, 3.8) is 0 Å².